The normalized spacial score (nSPS) is 11.7. The Morgan fingerprint density at radius 1 is 0.333 bits per heavy atom. The molecule has 11 aromatic rings. The summed E-state index contributed by atoms with van der Waals surface area (Å²) in [7, 11) is 0. The molecule has 3 heterocycles. The van der Waals surface area contributed by atoms with Gasteiger partial charge in [-0.15, -0.1) is 0 Å². The first-order chi connectivity index (χ1) is 29.4. The molecule has 0 atom stereocenters. The van der Waals surface area contributed by atoms with Gasteiger partial charge < -0.3 is 9.13 Å². The Morgan fingerprint density at radius 3 is 1.40 bits per heavy atom. The van der Waals surface area contributed by atoms with Gasteiger partial charge in [0.15, 0.2) is 5.82 Å². The van der Waals surface area contributed by atoms with Crippen molar-refractivity contribution in [3.05, 3.63) is 204 Å². The molecule has 0 radical (unpaired) electrons. The summed E-state index contributed by atoms with van der Waals surface area (Å²) >= 11 is 0. The number of hydrogen-bond donors (Lipinski definition) is 0. The van der Waals surface area contributed by atoms with Crippen molar-refractivity contribution in [1.82, 2.24) is 19.1 Å². The number of aryl methyl sites for hydroxylation is 4. The molecule has 0 bridgehead atoms. The van der Waals surface area contributed by atoms with Crippen molar-refractivity contribution in [3.63, 3.8) is 0 Å². The molecule has 0 aliphatic carbocycles. The van der Waals surface area contributed by atoms with E-state index in [2.05, 4.69) is 219 Å². The maximum Gasteiger partial charge on any atom is 0.160 e. The Labute approximate surface area is 349 Å². The minimum absolute atomic E-state index is 0.742. The van der Waals surface area contributed by atoms with Gasteiger partial charge in [-0.1, -0.05) is 115 Å². The number of rotatable bonds is 6. The van der Waals surface area contributed by atoms with Gasteiger partial charge in [-0.3, -0.25) is 0 Å². The summed E-state index contributed by atoms with van der Waals surface area (Å²) in [6.45, 7) is 8.70. The third kappa shape index (κ3) is 5.75. The van der Waals surface area contributed by atoms with E-state index in [1.165, 1.54) is 71.4 Å². The van der Waals surface area contributed by atoms with Crippen molar-refractivity contribution in [2.45, 2.75) is 27.7 Å². The second-order valence-electron chi connectivity index (χ2n) is 16.0. The van der Waals surface area contributed by atoms with Gasteiger partial charge in [0.25, 0.3) is 0 Å². The zero-order chi connectivity index (χ0) is 40.5. The molecular weight excluding hydrogens is 729 g/mol. The van der Waals surface area contributed by atoms with Gasteiger partial charge >= 0.3 is 0 Å². The average Bonchev–Trinajstić information content (AvgIpc) is 3.79. The molecule has 0 aliphatic heterocycles. The zero-order valence-corrected chi connectivity index (χ0v) is 34.1. The van der Waals surface area contributed by atoms with Gasteiger partial charge in [0, 0.05) is 49.6 Å². The first-order valence-electron chi connectivity index (χ1n) is 20.7. The van der Waals surface area contributed by atoms with Crippen LogP contribution in [0.4, 0.5) is 0 Å². The lowest BCUT2D eigenvalue weighted by atomic mass is 9.92. The van der Waals surface area contributed by atoms with Crippen LogP contribution in [0.2, 0.25) is 0 Å². The third-order valence-corrected chi connectivity index (χ3v) is 12.3. The molecule has 0 amide bonds. The van der Waals surface area contributed by atoms with E-state index in [9.17, 15) is 0 Å². The van der Waals surface area contributed by atoms with E-state index >= 15 is 0 Å². The largest absolute Gasteiger partial charge is 0.309 e. The fraction of sp³-hybridized carbons (Fsp3) is 0.0714. The number of fused-ring (bicyclic) bond motifs is 6. The maximum absolute atomic E-state index is 5.20. The highest BCUT2D eigenvalue weighted by molar-refractivity contribution is 6.12. The summed E-state index contributed by atoms with van der Waals surface area (Å²) < 4.78 is 4.80. The van der Waals surface area contributed by atoms with Crippen LogP contribution in [0.3, 0.4) is 0 Å². The lowest BCUT2D eigenvalue weighted by molar-refractivity contribution is 1.16. The Kier molecular flexibility index (Phi) is 8.35. The van der Waals surface area contributed by atoms with Gasteiger partial charge in [-0.2, -0.15) is 0 Å². The lowest BCUT2D eigenvalue weighted by Gasteiger charge is -2.16. The van der Waals surface area contributed by atoms with Gasteiger partial charge in [0.05, 0.1) is 33.5 Å². The quantitative estimate of drug-likeness (QED) is 0.169. The van der Waals surface area contributed by atoms with Gasteiger partial charge in [0.2, 0.25) is 0 Å². The van der Waals surface area contributed by atoms with Crippen LogP contribution >= 0.6 is 0 Å². The van der Waals surface area contributed by atoms with Crippen molar-refractivity contribution in [3.8, 4) is 56.4 Å². The molecule has 0 saturated heterocycles. The molecule has 0 fully saturated rings. The highest BCUT2D eigenvalue weighted by atomic mass is 15.0. The Hall–Kier alpha value is -7.56. The van der Waals surface area contributed by atoms with Gasteiger partial charge in [-0.05, 0) is 128 Å². The third-order valence-electron chi connectivity index (χ3n) is 12.3. The number of hydrogen-bond acceptors (Lipinski definition) is 2. The number of aromatic nitrogens is 4. The van der Waals surface area contributed by atoms with Crippen LogP contribution in [0.5, 0.6) is 0 Å². The molecule has 60 heavy (non-hydrogen) atoms. The summed E-state index contributed by atoms with van der Waals surface area (Å²) in [6, 6.07) is 65.7. The number of para-hydroxylation sites is 3. The number of nitrogens with zero attached hydrogens (tertiary/aromatic N) is 4. The standard InChI is InChI=1S/C56H42N4/c1-35-15-5-7-17-43(35)50-34-49(57-56(58-50)44-18-8-6-16-36(44)2)40-31-37(3)55(38(4)32-40)39-25-27-41(28-26-39)59-53-24-14-11-21-47(53)48-33-42(29-30-54(48)59)60-51-22-12-9-19-45(51)46-20-10-13-23-52(46)60/h5-34H,1-4H3. The maximum atomic E-state index is 5.20. The SMILES string of the molecule is Cc1ccccc1-c1cc(-c2cc(C)c(-c3ccc(-n4c5ccccc5c5cc(-n6c7ccccc7c7ccccc76)ccc54)cc3)c(C)c2)nc(-c2ccccc2C)n1. The molecule has 0 spiro atoms. The Balaban J connectivity index is 0.987. The highest BCUT2D eigenvalue weighted by Gasteiger charge is 2.18. The van der Waals surface area contributed by atoms with Crippen LogP contribution in [-0.2, 0) is 0 Å². The molecule has 0 unspecified atom stereocenters. The number of benzene rings is 8. The van der Waals surface area contributed by atoms with Crippen molar-refractivity contribution in [2.24, 2.45) is 0 Å². The van der Waals surface area contributed by atoms with E-state index < -0.39 is 0 Å². The second kappa shape index (κ2) is 14.1. The average molecular weight is 771 g/mol. The molecule has 0 saturated carbocycles. The smallest absolute Gasteiger partial charge is 0.160 e. The second-order valence-corrected chi connectivity index (χ2v) is 16.0. The summed E-state index contributed by atoms with van der Waals surface area (Å²) in [4.78, 5) is 10.3. The fourth-order valence-electron chi connectivity index (χ4n) is 9.46. The van der Waals surface area contributed by atoms with E-state index in [0.717, 1.165) is 50.8 Å². The van der Waals surface area contributed by atoms with E-state index in [0.29, 0.717) is 0 Å². The van der Waals surface area contributed by atoms with E-state index in [4.69, 9.17) is 9.97 Å². The van der Waals surface area contributed by atoms with Crippen LogP contribution in [-0.4, -0.2) is 19.1 Å². The molecule has 8 aromatic carbocycles. The van der Waals surface area contributed by atoms with Gasteiger partial charge in [-0.25, -0.2) is 9.97 Å². The monoisotopic (exact) mass is 770 g/mol. The summed E-state index contributed by atoms with van der Waals surface area (Å²) in [5, 5.41) is 5.01. The van der Waals surface area contributed by atoms with Gasteiger partial charge in [0.1, 0.15) is 0 Å². The molecular formula is C56H42N4. The topological polar surface area (TPSA) is 35.6 Å². The van der Waals surface area contributed by atoms with Crippen LogP contribution in [0, 0.1) is 27.7 Å². The molecule has 11 rings (SSSR count). The van der Waals surface area contributed by atoms with Crippen LogP contribution < -0.4 is 0 Å². The first-order valence-corrected chi connectivity index (χ1v) is 20.7. The first kappa shape index (κ1) is 35.6. The fourth-order valence-corrected chi connectivity index (χ4v) is 9.46. The van der Waals surface area contributed by atoms with Crippen molar-refractivity contribution < 1.29 is 0 Å². The minimum atomic E-state index is 0.742. The molecule has 286 valence electrons. The predicted octanol–water partition coefficient (Wildman–Crippen LogP) is 14.6. The Morgan fingerprint density at radius 2 is 0.800 bits per heavy atom. The van der Waals surface area contributed by atoms with Crippen molar-refractivity contribution in [2.75, 3.05) is 0 Å². The van der Waals surface area contributed by atoms with Crippen LogP contribution in [0.25, 0.3) is 100 Å². The summed E-state index contributed by atoms with van der Waals surface area (Å²) in [5.41, 5.74) is 19.4. The van der Waals surface area contributed by atoms with Crippen molar-refractivity contribution in [1.29, 1.82) is 0 Å². The summed E-state index contributed by atoms with van der Waals surface area (Å²) in [6.07, 6.45) is 0. The van der Waals surface area contributed by atoms with Crippen molar-refractivity contribution >= 4 is 43.6 Å². The minimum Gasteiger partial charge on any atom is -0.309 e. The molecule has 4 heteroatoms. The van der Waals surface area contributed by atoms with E-state index in [1.807, 2.05) is 0 Å². The molecule has 3 aromatic heterocycles. The van der Waals surface area contributed by atoms with E-state index in [1.54, 1.807) is 0 Å². The molecule has 4 nitrogen and oxygen atoms in total. The predicted molar refractivity (Wildman–Crippen MR) is 251 cm³/mol. The van der Waals surface area contributed by atoms with Crippen LogP contribution in [0.15, 0.2) is 182 Å². The summed E-state index contributed by atoms with van der Waals surface area (Å²) in [5.74, 6) is 0.742. The van der Waals surface area contributed by atoms with Crippen LogP contribution in [0.1, 0.15) is 22.3 Å². The molecule has 0 N–H and O–H groups in total. The lowest BCUT2D eigenvalue weighted by Crippen LogP contribution is -1.99. The Bertz CT molecular complexity index is 3330. The van der Waals surface area contributed by atoms with E-state index in [-0.39, 0.29) is 0 Å². The molecule has 0 aliphatic rings. The zero-order valence-electron chi connectivity index (χ0n) is 34.1. The highest BCUT2D eigenvalue weighted by Crippen LogP contribution is 2.39.